The van der Waals surface area contributed by atoms with E-state index in [1.165, 1.54) is 0 Å². The Labute approximate surface area is 85.8 Å². The van der Waals surface area contributed by atoms with Crippen molar-refractivity contribution < 1.29 is 4.79 Å². The lowest BCUT2D eigenvalue weighted by atomic mass is 9.94. The minimum Gasteiger partial charge on any atom is -0.369 e. The first-order valence-electron chi connectivity index (χ1n) is 5.43. The van der Waals surface area contributed by atoms with Gasteiger partial charge in [-0.05, 0) is 19.5 Å². The lowest BCUT2D eigenvalue weighted by Gasteiger charge is -2.35. The topological polar surface area (TPSA) is 58.4 Å². The van der Waals surface area contributed by atoms with E-state index in [1.807, 2.05) is 0 Å². The predicted octanol–water partition coefficient (Wildman–Crippen LogP) is -0.208. The molecule has 2 unspecified atom stereocenters. The maximum absolute atomic E-state index is 11.1. The van der Waals surface area contributed by atoms with Crippen molar-refractivity contribution in [1.29, 1.82) is 0 Å². The number of nitrogens with one attached hydrogen (secondary N) is 1. The number of carbonyl (C=O) groups is 1. The number of piperidine rings is 1. The molecule has 0 saturated carbocycles. The Morgan fingerprint density at radius 1 is 1.43 bits per heavy atom. The van der Waals surface area contributed by atoms with Crippen LogP contribution < -0.4 is 11.1 Å². The van der Waals surface area contributed by atoms with E-state index in [2.05, 4.69) is 24.1 Å². The number of nitrogens with two attached hydrogens (primary N) is 1. The van der Waals surface area contributed by atoms with Gasteiger partial charge in [-0.3, -0.25) is 9.69 Å². The van der Waals surface area contributed by atoms with Gasteiger partial charge in [-0.15, -0.1) is 0 Å². The number of carbonyl (C=O) groups excluding carboxylic acids is 1. The van der Waals surface area contributed by atoms with Crippen molar-refractivity contribution in [1.82, 2.24) is 10.2 Å². The van der Waals surface area contributed by atoms with Crippen LogP contribution in [-0.4, -0.2) is 43.0 Å². The average molecular weight is 199 g/mol. The Morgan fingerprint density at radius 2 is 2.07 bits per heavy atom. The Balaban J connectivity index is 2.50. The molecule has 1 fully saturated rings. The quantitative estimate of drug-likeness (QED) is 0.659. The molecule has 1 heterocycles. The van der Waals surface area contributed by atoms with E-state index in [-0.39, 0.29) is 11.8 Å². The van der Waals surface area contributed by atoms with Crippen molar-refractivity contribution in [2.24, 2.45) is 11.7 Å². The molecule has 0 aliphatic carbocycles. The second kappa shape index (κ2) is 5.32. The van der Waals surface area contributed by atoms with E-state index in [4.69, 9.17) is 5.73 Å². The van der Waals surface area contributed by atoms with Crippen LogP contribution in [0.25, 0.3) is 0 Å². The van der Waals surface area contributed by atoms with E-state index in [0.29, 0.717) is 6.04 Å². The maximum atomic E-state index is 11.1. The van der Waals surface area contributed by atoms with Crippen LogP contribution in [-0.2, 0) is 4.79 Å². The maximum Gasteiger partial charge on any atom is 0.221 e. The minimum absolute atomic E-state index is 0.00866. The standard InChI is InChI=1S/C10H21N3O/c1-3-13(4-2)9-5-8(10(11)14)6-12-7-9/h8-9,12H,3-7H2,1-2H3,(H2,11,14). The van der Waals surface area contributed by atoms with Crippen molar-refractivity contribution in [3.8, 4) is 0 Å². The molecule has 0 bridgehead atoms. The summed E-state index contributed by atoms with van der Waals surface area (Å²) in [5, 5.41) is 3.27. The van der Waals surface area contributed by atoms with Crippen LogP contribution in [0.1, 0.15) is 20.3 Å². The first-order valence-corrected chi connectivity index (χ1v) is 5.43. The Morgan fingerprint density at radius 3 is 2.57 bits per heavy atom. The van der Waals surface area contributed by atoms with Gasteiger partial charge in [-0.2, -0.15) is 0 Å². The van der Waals surface area contributed by atoms with E-state index >= 15 is 0 Å². The highest BCUT2D eigenvalue weighted by molar-refractivity contribution is 5.77. The molecule has 0 aromatic heterocycles. The summed E-state index contributed by atoms with van der Waals surface area (Å²) >= 11 is 0. The van der Waals surface area contributed by atoms with E-state index in [1.54, 1.807) is 0 Å². The Hall–Kier alpha value is -0.610. The first kappa shape index (κ1) is 11.5. The molecule has 4 nitrogen and oxygen atoms in total. The molecule has 0 aromatic rings. The lowest BCUT2D eigenvalue weighted by molar-refractivity contribution is -0.122. The fraction of sp³-hybridized carbons (Fsp3) is 0.900. The number of hydrogen-bond donors (Lipinski definition) is 2. The zero-order valence-electron chi connectivity index (χ0n) is 9.12. The highest BCUT2D eigenvalue weighted by Gasteiger charge is 2.27. The van der Waals surface area contributed by atoms with E-state index in [9.17, 15) is 4.79 Å². The molecule has 1 aliphatic heterocycles. The third-order valence-electron chi connectivity index (χ3n) is 3.06. The van der Waals surface area contributed by atoms with Gasteiger partial charge in [0.2, 0.25) is 5.91 Å². The molecule has 1 saturated heterocycles. The number of rotatable bonds is 4. The summed E-state index contributed by atoms with van der Waals surface area (Å²) in [6.07, 6.45) is 0.907. The molecule has 1 amide bonds. The van der Waals surface area contributed by atoms with E-state index in [0.717, 1.165) is 32.6 Å². The SMILES string of the molecule is CCN(CC)C1CNCC(C(N)=O)C1. The number of likely N-dealkylation sites (N-methyl/N-ethyl adjacent to an activating group) is 1. The molecule has 4 heteroatoms. The van der Waals surface area contributed by atoms with Gasteiger partial charge in [0, 0.05) is 19.1 Å². The molecule has 82 valence electrons. The summed E-state index contributed by atoms with van der Waals surface area (Å²) in [7, 11) is 0. The molecule has 3 N–H and O–H groups in total. The van der Waals surface area contributed by atoms with Crippen LogP contribution in [0.15, 0.2) is 0 Å². The fourth-order valence-electron chi connectivity index (χ4n) is 2.15. The summed E-state index contributed by atoms with van der Waals surface area (Å²) in [6.45, 7) is 8.09. The van der Waals surface area contributed by atoms with Crippen LogP contribution in [0, 0.1) is 5.92 Å². The van der Waals surface area contributed by atoms with Crippen molar-refractivity contribution >= 4 is 5.91 Å². The van der Waals surface area contributed by atoms with Gasteiger partial charge in [0.15, 0.2) is 0 Å². The number of primary amides is 1. The van der Waals surface area contributed by atoms with Crippen LogP contribution in [0.4, 0.5) is 0 Å². The molecular weight excluding hydrogens is 178 g/mol. The van der Waals surface area contributed by atoms with Crippen molar-refractivity contribution in [3.63, 3.8) is 0 Å². The average Bonchev–Trinajstić information content (AvgIpc) is 2.20. The normalized spacial score (nSPS) is 27.9. The molecule has 14 heavy (non-hydrogen) atoms. The van der Waals surface area contributed by atoms with Crippen molar-refractivity contribution in [3.05, 3.63) is 0 Å². The summed E-state index contributed by atoms with van der Waals surface area (Å²) in [5.41, 5.74) is 5.32. The van der Waals surface area contributed by atoms with Gasteiger partial charge in [0.1, 0.15) is 0 Å². The van der Waals surface area contributed by atoms with Gasteiger partial charge in [-0.25, -0.2) is 0 Å². The summed E-state index contributed by atoms with van der Waals surface area (Å²) in [6, 6.07) is 0.469. The highest BCUT2D eigenvalue weighted by atomic mass is 16.1. The van der Waals surface area contributed by atoms with Gasteiger partial charge >= 0.3 is 0 Å². The van der Waals surface area contributed by atoms with Crippen LogP contribution in [0.2, 0.25) is 0 Å². The minimum atomic E-state index is -0.172. The van der Waals surface area contributed by atoms with E-state index < -0.39 is 0 Å². The molecule has 1 aliphatic rings. The summed E-state index contributed by atoms with van der Waals surface area (Å²) in [5.74, 6) is -0.163. The number of hydrogen-bond acceptors (Lipinski definition) is 3. The molecule has 0 spiro atoms. The second-order valence-corrected chi connectivity index (χ2v) is 3.87. The third kappa shape index (κ3) is 2.69. The highest BCUT2D eigenvalue weighted by Crippen LogP contribution is 2.15. The summed E-state index contributed by atoms with van der Waals surface area (Å²) in [4.78, 5) is 13.4. The predicted molar refractivity (Wildman–Crippen MR) is 56.9 cm³/mol. The van der Waals surface area contributed by atoms with Crippen LogP contribution >= 0.6 is 0 Å². The number of nitrogens with zero attached hydrogens (tertiary/aromatic N) is 1. The molecule has 0 aromatic carbocycles. The summed E-state index contributed by atoms with van der Waals surface area (Å²) < 4.78 is 0. The first-order chi connectivity index (χ1) is 6.69. The smallest absolute Gasteiger partial charge is 0.221 e. The van der Waals surface area contributed by atoms with Crippen molar-refractivity contribution in [2.45, 2.75) is 26.3 Å². The van der Waals surface area contributed by atoms with Crippen LogP contribution in [0.5, 0.6) is 0 Å². The number of amides is 1. The van der Waals surface area contributed by atoms with Gasteiger partial charge in [0.05, 0.1) is 5.92 Å². The fourth-order valence-corrected chi connectivity index (χ4v) is 2.15. The van der Waals surface area contributed by atoms with Gasteiger partial charge in [0.25, 0.3) is 0 Å². The van der Waals surface area contributed by atoms with Crippen LogP contribution in [0.3, 0.4) is 0 Å². The Kier molecular flexibility index (Phi) is 4.35. The third-order valence-corrected chi connectivity index (χ3v) is 3.06. The molecule has 1 rings (SSSR count). The molecule has 0 radical (unpaired) electrons. The van der Waals surface area contributed by atoms with Gasteiger partial charge in [-0.1, -0.05) is 13.8 Å². The molecule has 2 atom stereocenters. The lowest BCUT2D eigenvalue weighted by Crippen LogP contribution is -2.51. The van der Waals surface area contributed by atoms with Gasteiger partial charge < -0.3 is 11.1 Å². The zero-order valence-corrected chi connectivity index (χ0v) is 9.12. The largest absolute Gasteiger partial charge is 0.369 e. The molecular formula is C10H21N3O. The Bertz CT molecular complexity index is 192. The monoisotopic (exact) mass is 199 g/mol. The zero-order chi connectivity index (χ0) is 10.6. The second-order valence-electron chi connectivity index (χ2n) is 3.87. The van der Waals surface area contributed by atoms with Crippen molar-refractivity contribution in [2.75, 3.05) is 26.2 Å².